The summed E-state index contributed by atoms with van der Waals surface area (Å²) in [5, 5.41) is 5.87. The molecular weight excluding hydrogens is 440 g/mol. The second kappa shape index (κ2) is 8.92. The van der Waals surface area contributed by atoms with Crippen LogP contribution in [0.5, 0.6) is 5.75 Å². The van der Waals surface area contributed by atoms with Gasteiger partial charge in [0.1, 0.15) is 5.75 Å². The molecular formula is C25H25BrN2O2. The number of rotatable bonds is 3. The minimum atomic E-state index is -0.295. The van der Waals surface area contributed by atoms with Crippen molar-refractivity contribution in [3.8, 4) is 5.75 Å². The Kier molecular flexibility index (Phi) is 6.09. The number of ether oxygens (including phenoxy) is 1. The summed E-state index contributed by atoms with van der Waals surface area (Å²) >= 11 is 3.62. The Morgan fingerprint density at radius 3 is 2.50 bits per heavy atom. The quantitative estimate of drug-likeness (QED) is 0.440. The smallest absolute Gasteiger partial charge is 0.323 e. The van der Waals surface area contributed by atoms with E-state index in [2.05, 4.69) is 63.8 Å². The van der Waals surface area contributed by atoms with E-state index < -0.39 is 0 Å². The monoisotopic (exact) mass is 464 g/mol. The highest BCUT2D eigenvalue weighted by Crippen LogP contribution is 2.44. The molecule has 5 heteroatoms. The van der Waals surface area contributed by atoms with E-state index in [0.29, 0.717) is 18.2 Å². The van der Waals surface area contributed by atoms with Crippen LogP contribution in [0.1, 0.15) is 36.0 Å². The summed E-state index contributed by atoms with van der Waals surface area (Å²) in [4.78, 5) is 12.7. The lowest BCUT2D eigenvalue weighted by Gasteiger charge is -2.21. The maximum atomic E-state index is 12.7. The van der Waals surface area contributed by atoms with E-state index in [1.165, 1.54) is 5.56 Å². The lowest BCUT2D eigenvalue weighted by Crippen LogP contribution is -2.20. The van der Waals surface area contributed by atoms with E-state index in [9.17, 15) is 4.79 Å². The molecule has 0 saturated carbocycles. The molecule has 1 aliphatic heterocycles. The zero-order valence-electron chi connectivity index (χ0n) is 17.1. The minimum Gasteiger partial charge on any atom is -0.491 e. The number of carbonyl (C=O) groups is 1. The molecule has 0 bridgehead atoms. The molecule has 3 aromatic rings. The van der Waals surface area contributed by atoms with E-state index >= 15 is 0 Å². The van der Waals surface area contributed by atoms with Crippen LogP contribution in [0.25, 0.3) is 0 Å². The van der Waals surface area contributed by atoms with Gasteiger partial charge in [0, 0.05) is 21.6 Å². The number of halogens is 1. The van der Waals surface area contributed by atoms with Crippen molar-refractivity contribution in [2.24, 2.45) is 5.92 Å². The maximum Gasteiger partial charge on any atom is 0.323 e. The third-order valence-electron chi connectivity index (χ3n) is 5.37. The molecule has 1 heterocycles. The molecule has 2 unspecified atom stereocenters. The third kappa shape index (κ3) is 4.68. The average molecular weight is 465 g/mol. The molecule has 0 radical (unpaired) electrons. The maximum absolute atomic E-state index is 12.7. The summed E-state index contributed by atoms with van der Waals surface area (Å²) in [6.45, 7) is 4.84. The van der Waals surface area contributed by atoms with Gasteiger partial charge in [-0.3, -0.25) is 0 Å². The molecule has 0 aliphatic carbocycles. The Balaban J connectivity index is 1.66. The van der Waals surface area contributed by atoms with Crippen LogP contribution in [0.4, 0.5) is 16.2 Å². The van der Waals surface area contributed by atoms with Gasteiger partial charge in [0.2, 0.25) is 0 Å². The van der Waals surface area contributed by atoms with Gasteiger partial charge in [0.25, 0.3) is 0 Å². The van der Waals surface area contributed by atoms with E-state index in [-0.39, 0.29) is 11.9 Å². The number of hydrogen-bond acceptors (Lipinski definition) is 2. The van der Waals surface area contributed by atoms with Crippen molar-refractivity contribution in [3.05, 3.63) is 87.9 Å². The Hall–Kier alpha value is -2.79. The molecule has 2 atom stereocenters. The van der Waals surface area contributed by atoms with Crippen LogP contribution in [0.2, 0.25) is 0 Å². The first kappa shape index (κ1) is 20.5. The van der Waals surface area contributed by atoms with Crippen molar-refractivity contribution in [3.63, 3.8) is 0 Å². The number of aryl methyl sites for hydroxylation is 1. The summed E-state index contributed by atoms with van der Waals surface area (Å²) in [6.07, 6.45) is 0.989. The lowest BCUT2D eigenvalue weighted by molar-refractivity contribution is 0.259. The topological polar surface area (TPSA) is 50.4 Å². The van der Waals surface area contributed by atoms with Gasteiger partial charge >= 0.3 is 6.03 Å². The summed E-state index contributed by atoms with van der Waals surface area (Å²) in [5.74, 6) is 1.35. The van der Waals surface area contributed by atoms with Gasteiger partial charge in [0.05, 0.1) is 12.3 Å². The second-order valence-corrected chi connectivity index (χ2v) is 8.85. The SMILES string of the molecule is Cc1ccc(NC(=O)Nc2cc(Br)cc3c2OCC(C)CC3c2ccccc2)cc1. The van der Waals surface area contributed by atoms with Crippen molar-refractivity contribution in [1.82, 2.24) is 0 Å². The number of benzene rings is 3. The first-order chi connectivity index (χ1) is 14.5. The summed E-state index contributed by atoms with van der Waals surface area (Å²) in [7, 11) is 0. The predicted octanol–water partition coefficient (Wildman–Crippen LogP) is 6.95. The fraction of sp³-hybridized carbons (Fsp3) is 0.240. The van der Waals surface area contributed by atoms with Crippen LogP contribution >= 0.6 is 15.9 Å². The number of carbonyl (C=O) groups excluding carboxylic acids is 1. The van der Waals surface area contributed by atoms with Crippen molar-refractivity contribution in [2.45, 2.75) is 26.2 Å². The zero-order chi connectivity index (χ0) is 21.1. The molecule has 0 aromatic heterocycles. The Morgan fingerprint density at radius 2 is 1.77 bits per heavy atom. The minimum absolute atomic E-state index is 0.205. The van der Waals surface area contributed by atoms with Gasteiger partial charge in [-0.2, -0.15) is 0 Å². The van der Waals surface area contributed by atoms with Crippen LogP contribution in [0, 0.1) is 12.8 Å². The van der Waals surface area contributed by atoms with Crippen LogP contribution < -0.4 is 15.4 Å². The standard InChI is InChI=1S/C25H25BrN2O2/c1-16-8-10-20(11-9-16)27-25(29)28-23-14-19(26)13-22-21(18-6-4-3-5-7-18)12-17(2)15-30-24(22)23/h3-11,13-14,17,21H,12,15H2,1-2H3,(H2,27,28,29). The number of hydrogen-bond donors (Lipinski definition) is 2. The van der Waals surface area contributed by atoms with Gasteiger partial charge in [-0.05, 0) is 49.1 Å². The third-order valence-corrected chi connectivity index (χ3v) is 5.83. The molecule has 3 aromatic carbocycles. The molecule has 4 nitrogen and oxygen atoms in total. The molecule has 1 aliphatic rings. The molecule has 2 N–H and O–H groups in total. The first-order valence-electron chi connectivity index (χ1n) is 10.2. The molecule has 4 rings (SSSR count). The van der Waals surface area contributed by atoms with Crippen LogP contribution in [0.3, 0.4) is 0 Å². The second-order valence-electron chi connectivity index (χ2n) is 7.93. The van der Waals surface area contributed by atoms with Crippen LogP contribution in [-0.2, 0) is 0 Å². The van der Waals surface area contributed by atoms with Gasteiger partial charge in [-0.1, -0.05) is 70.9 Å². The van der Waals surface area contributed by atoms with E-state index in [1.807, 2.05) is 43.3 Å². The summed E-state index contributed by atoms with van der Waals surface area (Å²) < 4.78 is 7.11. The molecule has 154 valence electrons. The van der Waals surface area contributed by atoms with Gasteiger partial charge in [-0.25, -0.2) is 4.79 Å². The van der Waals surface area contributed by atoms with E-state index in [4.69, 9.17) is 4.74 Å². The van der Waals surface area contributed by atoms with E-state index in [0.717, 1.165) is 33.5 Å². The summed E-state index contributed by atoms with van der Waals surface area (Å²) in [5.41, 5.74) is 4.90. The van der Waals surface area contributed by atoms with E-state index in [1.54, 1.807) is 0 Å². The van der Waals surface area contributed by atoms with Gasteiger partial charge in [0.15, 0.2) is 0 Å². The Labute approximate surface area is 185 Å². The van der Waals surface area contributed by atoms with Crippen LogP contribution in [-0.4, -0.2) is 12.6 Å². The largest absolute Gasteiger partial charge is 0.491 e. The zero-order valence-corrected chi connectivity index (χ0v) is 18.7. The van der Waals surface area contributed by atoms with Crippen molar-refractivity contribution in [1.29, 1.82) is 0 Å². The lowest BCUT2D eigenvalue weighted by atomic mass is 9.84. The number of amides is 2. The van der Waals surface area contributed by atoms with Crippen LogP contribution in [0.15, 0.2) is 71.2 Å². The number of urea groups is 1. The molecule has 2 amide bonds. The highest BCUT2D eigenvalue weighted by atomic mass is 79.9. The normalized spacial score (nSPS) is 18.0. The molecule has 30 heavy (non-hydrogen) atoms. The van der Waals surface area contributed by atoms with Crippen molar-refractivity contribution in [2.75, 3.05) is 17.2 Å². The van der Waals surface area contributed by atoms with Crippen molar-refractivity contribution >= 4 is 33.3 Å². The fourth-order valence-corrected chi connectivity index (χ4v) is 4.35. The average Bonchev–Trinajstić information content (AvgIpc) is 2.89. The molecule has 0 saturated heterocycles. The highest BCUT2D eigenvalue weighted by Gasteiger charge is 2.28. The first-order valence-corrected chi connectivity index (χ1v) is 10.9. The van der Waals surface area contributed by atoms with Gasteiger partial charge in [-0.15, -0.1) is 0 Å². The number of nitrogens with one attached hydrogen (secondary N) is 2. The Bertz CT molecular complexity index is 1040. The summed E-state index contributed by atoms with van der Waals surface area (Å²) in [6, 6.07) is 21.9. The predicted molar refractivity (Wildman–Crippen MR) is 126 cm³/mol. The van der Waals surface area contributed by atoms with Crippen molar-refractivity contribution < 1.29 is 9.53 Å². The number of anilines is 2. The molecule has 0 spiro atoms. The fourth-order valence-electron chi connectivity index (χ4n) is 3.87. The Morgan fingerprint density at radius 1 is 1.03 bits per heavy atom. The number of fused-ring (bicyclic) bond motifs is 1. The highest BCUT2D eigenvalue weighted by molar-refractivity contribution is 9.10. The molecule has 0 fully saturated rings. The van der Waals surface area contributed by atoms with Gasteiger partial charge < -0.3 is 15.4 Å².